The maximum Gasteiger partial charge on any atom is 0.253 e. The van der Waals surface area contributed by atoms with E-state index in [1.807, 2.05) is 30.9 Å². The molecule has 0 N–H and O–H groups in total. The number of hydrogen-bond donors (Lipinski definition) is 0. The topological polar surface area (TPSA) is 20.3 Å². The van der Waals surface area contributed by atoms with E-state index in [4.69, 9.17) is 0 Å². The lowest BCUT2D eigenvalue weighted by atomic mass is 10.0. The molecule has 0 bridgehead atoms. The molecule has 0 atom stereocenters. The van der Waals surface area contributed by atoms with Crippen molar-refractivity contribution in [1.82, 2.24) is 4.90 Å². The van der Waals surface area contributed by atoms with Gasteiger partial charge in [0.2, 0.25) is 0 Å². The van der Waals surface area contributed by atoms with Crippen molar-refractivity contribution in [2.24, 2.45) is 0 Å². The largest absolute Gasteiger partial charge is 0.339 e. The van der Waals surface area contributed by atoms with Crippen molar-refractivity contribution < 1.29 is 4.79 Å². The van der Waals surface area contributed by atoms with Gasteiger partial charge in [0.1, 0.15) is 0 Å². The molecule has 1 aliphatic rings. The van der Waals surface area contributed by atoms with E-state index in [1.54, 1.807) is 0 Å². The van der Waals surface area contributed by atoms with Crippen molar-refractivity contribution in [2.45, 2.75) is 26.7 Å². The molecule has 0 spiro atoms. The van der Waals surface area contributed by atoms with Crippen molar-refractivity contribution in [2.75, 3.05) is 13.1 Å². The quantitative estimate of drug-likeness (QED) is 0.794. The zero-order valence-electron chi connectivity index (χ0n) is 12.9. The molecule has 2 heteroatoms. The van der Waals surface area contributed by atoms with E-state index in [2.05, 4.69) is 42.5 Å². The summed E-state index contributed by atoms with van der Waals surface area (Å²) in [6.45, 7) is 5.52. The first-order valence-electron chi connectivity index (χ1n) is 7.65. The lowest BCUT2D eigenvalue weighted by Crippen LogP contribution is -2.30. The van der Waals surface area contributed by atoms with Gasteiger partial charge in [0.15, 0.2) is 0 Å². The van der Waals surface area contributed by atoms with Gasteiger partial charge >= 0.3 is 0 Å². The predicted octanol–water partition coefficient (Wildman–Crippen LogP) is 4.15. The van der Waals surface area contributed by atoms with Gasteiger partial charge in [-0.3, -0.25) is 4.79 Å². The van der Waals surface area contributed by atoms with Crippen LogP contribution < -0.4 is 0 Å². The number of hydrogen-bond acceptors (Lipinski definition) is 1. The second-order valence-electron chi connectivity index (χ2n) is 5.15. The van der Waals surface area contributed by atoms with Crippen LogP contribution in [0.1, 0.15) is 36.2 Å². The van der Waals surface area contributed by atoms with Crippen molar-refractivity contribution >= 4 is 5.91 Å². The highest BCUT2D eigenvalue weighted by molar-refractivity contribution is 5.94. The molecule has 0 fully saturated rings. The fourth-order valence-electron chi connectivity index (χ4n) is 2.45. The summed E-state index contributed by atoms with van der Waals surface area (Å²) in [6.07, 6.45) is 12.6. The Kier molecular flexibility index (Phi) is 5.56. The van der Waals surface area contributed by atoms with E-state index < -0.39 is 0 Å². The van der Waals surface area contributed by atoms with Crippen molar-refractivity contribution in [1.29, 1.82) is 0 Å². The summed E-state index contributed by atoms with van der Waals surface area (Å²) in [4.78, 5) is 14.1. The molecule has 1 amide bonds. The van der Waals surface area contributed by atoms with Crippen LogP contribution >= 0.6 is 0 Å². The van der Waals surface area contributed by atoms with Gasteiger partial charge in [-0.25, -0.2) is 0 Å². The summed E-state index contributed by atoms with van der Waals surface area (Å²) in [5.41, 5.74) is 3.33. The molecule has 0 aliphatic heterocycles. The lowest BCUT2D eigenvalue weighted by Gasteiger charge is -2.18. The Morgan fingerprint density at radius 3 is 2.48 bits per heavy atom. The molecule has 2 rings (SSSR count). The summed E-state index contributed by atoms with van der Waals surface area (Å²) >= 11 is 0. The fraction of sp³-hybridized carbons (Fsp3) is 0.316. The number of carbonyl (C=O) groups excluding carboxylic acids is 1. The first-order chi connectivity index (χ1) is 10.2. The van der Waals surface area contributed by atoms with E-state index in [1.165, 1.54) is 11.1 Å². The zero-order valence-corrected chi connectivity index (χ0v) is 12.9. The van der Waals surface area contributed by atoms with Crippen LogP contribution in [0.4, 0.5) is 0 Å². The fourth-order valence-corrected chi connectivity index (χ4v) is 2.45. The first kappa shape index (κ1) is 15.3. The zero-order chi connectivity index (χ0) is 15.1. The molecule has 0 unspecified atom stereocenters. The Labute approximate surface area is 127 Å². The SMILES string of the molecule is CCN(CC)C(=O)c1ccc(CC2=CCC=CC=C2)cc1. The average Bonchev–Trinajstić information content (AvgIpc) is 2.78. The summed E-state index contributed by atoms with van der Waals surface area (Å²) in [6, 6.07) is 8.00. The minimum Gasteiger partial charge on any atom is -0.339 e. The van der Waals surface area contributed by atoms with Gasteiger partial charge in [-0.15, -0.1) is 0 Å². The van der Waals surface area contributed by atoms with Crippen LogP contribution in [0.3, 0.4) is 0 Å². The maximum absolute atomic E-state index is 12.2. The second-order valence-corrected chi connectivity index (χ2v) is 5.15. The van der Waals surface area contributed by atoms with Crippen LogP contribution in [0, 0.1) is 0 Å². The van der Waals surface area contributed by atoms with Gasteiger partial charge in [-0.2, -0.15) is 0 Å². The Hall–Kier alpha value is -2.09. The molecule has 1 aliphatic carbocycles. The number of benzene rings is 1. The number of rotatable bonds is 5. The lowest BCUT2D eigenvalue weighted by molar-refractivity contribution is 0.0773. The van der Waals surface area contributed by atoms with Gasteiger partial charge in [0.05, 0.1) is 0 Å². The van der Waals surface area contributed by atoms with Crippen LogP contribution in [0.25, 0.3) is 0 Å². The van der Waals surface area contributed by atoms with Crippen molar-refractivity contribution in [3.63, 3.8) is 0 Å². The van der Waals surface area contributed by atoms with Gasteiger partial charge < -0.3 is 4.90 Å². The van der Waals surface area contributed by atoms with E-state index >= 15 is 0 Å². The smallest absolute Gasteiger partial charge is 0.253 e. The number of allylic oxidation sites excluding steroid dienone is 6. The molecule has 0 radical (unpaired) electrons. The number of nitrogens with zero attached hydrogens (tertiary/aromatic N) is 1. The summed E-state index contributed by atoms with van der Waals surface area (Å²) < 4.78 is 0. The standard InChI is InChI=1S/C19H23NO/c1-3-20(4-2)19(21)18-13-11-17(12-14-18)15-16-9-7-5-6-8-10-16/h5-7,9-14H,3-4,8,15H2,1-2H3. The third-order valence-electron chi connectivity index (χ3n) is 3.73. The monoisotopic (exact) mass is 281 g/mol. The molecule has 1 aromatic carbocycles. The van der Waals surface area contributed by atoms with E-state index in [0.29, 0.717) is 0 Å². The van der Waals surface area contributed by atoms with Gasteiger partial charge in [0, 0.05) is 18.7 Å². The van der Waals surface area contributed by atoms with Crippen LogP contribution in [0.15, 0.2) is 60.2 Å². The molecule has 1 aromatic rings. The predicted molar refractivity (Wildman–Crippen MR) is 88.4 cm³/mol. The molecule has 21 heavy (non-hydrogen) atoms. The van der Waals surface area contributed by atoms with Crippen LogP contribution in [0.5, 0.6) is 0 Å². The van der Waals surface area contributed by atoms with Crippen molar-refractivity contribution in [3.8, 4) is 0 Å². The van der Waals surface area contributed by atoms with Gasteiger partial charge in [0.25, 0.3) is 5.91 Å². The van der Waals surface area contributed by atoms with Crippen LogP contribution in [-0.4, -0.2) is 23.9 Å². The molecule has 0 saturated carbocycles. The number of amides is 1. The summed E-state index contributed by atoms with van der Waals surface area (Å²) in [5.74, 6) is 0.115. The third kappa shape index (κ3) is 4.19. The van der Waals surface area contributed by atoms with Crippen LogP contribution in [-0.2, 0) is 6.42 Å². The van der Waals surface area contributed by atoms with Crippen LogP contribution in [0.2, 0.25) is 0 Å². The first-order valence-corrected chi connectivity index (χ1v) is 7.65. The van der Waals surface area contributed by atoms with Crippen molar-refractivity contribution in [3.05, 3.63) is 71.3 Å². The molecule has 2 nitrogen and oxygen atoms in total. The Balaban J connectivity index is 2.05. The maximum atomic E-state index is 12.2. The Morgan fingerprint density at radius 2 is 1.81 bits per heavy atom. The molecule has 0 aromatic heterocycles. The summed E-state index contributed by atoms with van der Waals surface area (Å²) in [5, 5.41) is 0. The highest BCUT2D eigenvalue weighted by Gasteiger charge is 2.11. The average molecular weight is 281 g/mol. The highest BCUT2D eigenvalue weighted by atomic mass is 16.2. The Bertz CT molecular complexity index is 560. The molecule has 0 heterocycles. The summed E-state index contributed by atoms with van der Waals surface area (Å²) in [7, 11) is 0. The van der Waals surface area contributed by atoms with E-state index in [9.17, 15) is 4.79 Å². The third-order valence-corrected chi connectivity index (χ3v) is 3.73. The molecule has 110 valence electrons. The van der Waals surface area contributed by atoms with E-state index in [-0.39, 0.29) is 5.91 Å². The van der Waals surface area contributed by atoms with Gasteiger partial charge in [-0.1, -0.05) is 42.5 Å². The molecular weight excluding hydrogens is 258 g/mol. The number of carbonyl (C=O) groups is 1. The Morgan fingerprint density at radius 1 is 1.10 bits per heavy atom. The normalized spacial score (nSPS) is 13.7. The van der Waals surface area contributed by atoms with Gasteiger partial charge in [-0.05, 0) is 50.0 Å². The highest BCUT2D eigenvalue weighted by Crippen LogP contribution is 2.14. The minimum atomic E-state index is 0.115. The molecular formula is C19H23NO. The second kappa shape index (κ2) is 7.63. The molecule has 0 saturated heterocycles. The minimum absolute atomic E-state index is 0.115. The van der Waals surface area contributed by atoms with E-state index in [0.717, 1.165) is 31.5 Å².